The average molecular weight is 290 g/mol. The van der Waals surface area contributed by atoms with Gasteiger partial charge in [-0.3, -0.25) is 4.79 Å². The van der Waals surface area contributed by atoms with Crippen LogP contribution in [0.1, 0.15) is 13.8 Å². The number of hydrogen-bond donors (Lipinski definition) is 1. The molecule has 1 aromatic heterocycles. The second kappa shape index (κ2) is 6.07. The lowest BCUT2D eigenvalue weighted by Gasteiger charge is -2.21. The molecule has 0 aliphatic heterocycles. The van der Waals surface area contributed by atoms with Crippen LogP contribution in [0.15, 0.2) is 23.4 Å². The highest BCUT2D eigenvalue weighted by atomic mass is 32.2. The van der Waals surface area contributed by atoms with Crippen LogP contribution < -0.4 is 0 Å². The van der Waals surface area contributed by atoms with Crippen molar-refractivity contribution in [3.63, 3.8) is 0 Å². The number of rotatable bonds is 6. The highest BCUT2D eigenvalue weighted by Crippen LogP contribution is 2.17. The number of nitrogens with zero attached hydrogens (tertiary/aromatic N) is 2. The zero-order valence-electron chi connectivity index (χ0n) is 10.6. The molecule has 0 amide bonds. The van der Waals surface area contributed by atoms with Gasteiger partial charge in [-0.1, -0.05) is 13.8 Å². The number of pyridine rings is 1. The summed E-state index contributed by atoms with van der Waals surface area (Å²) in [6, 6.07) is 2.28. The molecular formula is C11H15FN2O4S. The monoisotopic (exact) mass is 290 g/mol. The smallest absolute Gasteiger partial charge is 0.307 e. The maximum absolute atomic E-state index is 13.5. The van der Waals surface area contributed by atoms with E-state index in [1.165, 1.54) is 19.2 Å². The van der Waals surface area contributed by atoms with Gasteiger partial charge >= 0.3 is 5.97 Å². The van der Waals surface area contributed by atoms with Crippen LogP contribution in [-0.2, 0) is 14.8 Å². The molecule has 8 heteroatoms. The fourth-order valence-electron chi connectivity index (χ4n) is 1.46. The molecule has 0 aliphatic carbocycles. The standard InChI is InChI=1S/C11H15FN2O4S/c1-3-14(7-8(2)11(15)16)19(17,18)10-9(12)5-4-6-13-10/h4-6,8H,3,7H2,1-2H3,(H,15,16). The Kier molecular flexibility index (Phi) is 4.96. The zero-order valence-corrected chi connectivity index (χ0v) is 11.4. The first-order valence-corrected chi connectivity index (χ1v) is 7.08. The molecule has 0 aromatic carbocycles. The number of aromatic nitrogens is 1. The van der Waals surface area contributed by atoms with Gasteiger partial charge in [0.1, 0.15) is 0 Å². The quantitative estimate of drug-likeness (QED) is 0.843. The van der Waals surface area contributed by atoms with Crippen molar-refractivity contribution >= 4 is 16.0 Å². The van der Waals surface area contributed by atoms with Gasteiger partial charge in [0.25, 0.3) is 10.0 Å². The zero-order chi connectivity index (χ0) is 14.6. The van der Waals surface area contributed by atoms with Gasteiger partial charge in [-0.25, -0.2) is 17.8 Å². The van der Waals surface area contributed by atoms with Crippen LogP contribution in [0.2, 0.25) is 0 Å². The van der Waals surface area contributed by atoms with Crippen LogP contribution in [0.5, 0.6) is 0 Å². The van der Waals surface area contributed by atoms with Crippen LogP contribution in [-0.4, -0.2) is 41.9 Å². The van der Waals surface area contributed by atoms with Crippen molar-refractivity contribution in [3.05, 3.63) is 24.1 Å². The van der Waals surface area contributed by atoms with Crippen LogP contribution in [0.3, 0.4) is 0 Å². The largest absolute Gasteiger partial charge is 0.481 e. The fraction of sp³-hybridized carbons (Fsp3) is 0.455. The lowest BCUT2D eigenvalue weighted by Crippen LogP contribution is -2.37. The predicted octanol–water partition coefficient (Wildman–Crippen LogP) is 0.952. The fourth-order valence-corrected chi connectivity index (χ4v) is 2.98. The molecule has 1 N–H and O–H groups in total. The van der Waals surface area contributed by atoms with Crippen molar-refractivity contribution in [3.8, 4) is 0 Å². The lowest BCUT2D eigenvalue weighted by molar-refractivity contribution is -0.141. The Bertz CT molecular complexity index is 562. The van der Waals surface area contributed by atoms with Crippen molar-refractivity contribution in [2.24, 2.45) is 5.92 Å². The Morgan fingerprint density at radius 3 is 2.68 bits per heavy atom. The molecule has 6 nitrogen and oxygen atoms in total. The maximum Gasteiger partial charge on any atom is 0.307 e. The summed E-state index contributed by atoms with van der Waals surface area (Å²) < 4.78 is 38.7. The van der Waals surface area contributed by atoms with E-state index < -0.39 is 32.8 Å². The molecular weight excluding hydrogens is 275 g/mol. The highest BCUT2D eigenvalue weighted by Gasteiger charge is 2.30. The van der Waals surface area contributed by atoms with Gasteiger partial charge in [0.05, 0.1) is 5.92 Å². The molecule has 106 valence electrons. The molecule has 0 radical (unpaired) electrons. The molecule has 0 saturated heterocycles. The minimum absolute atomic E-state index is 0.0377. The second-order valence-corrected chi connectivity index (χ2v) is 5.84. The lowest BCUT2D eigenvalue weighted by atomic mass is 10.2. The van der Waals surface area contributed by atoms with Crippen LogP contribution in [0.4, 0.5) is 4.39 Å². The van der Waals surface area contributed by atoms with E-state index in [1.807, 2.05) is 0 Å². The average Bonchev–Trinajstić information content (AvgIpc) is 2.35. The van der Waals surface area contributed by atoms with E-state index in [2.05, 4.69) is 4.98 Å². The molecule has 1 atom stereocenters. The van der Waals surface area contributed by atoms with Crippen LogP contribution in [0.25, 0.3) is 0 Å². The van der Waals surface area contributed by atoms with Crippen molar-refractivity contribution in [2.75, 3.05) is 13.1 Å². The van der Waals surface area contributed by atoms with Gasteiger partial charge < -0.3 is 5.11 Å². The number of carboxylic acid groups (broad SMARTS) is 1. The number of halogens is 1. The molecule has 1 rings (SSSR count). The van der Waals surface area contributed by atoms with Gasteiger partial charge in [0, 0.05) is 19.3 Å². The molecule has 1 unspecified atom stereocenters. The number of carbonyl (C=O) groups is 1. The third kappa shape index (κ3) is 3.48. The summed E-state index contributed by atoms with van der Waals surface area (Å²) in [6.07, 6.45) is 1.17. The third-order valence-electron chi connectivity index (χ3n) is 2.56. The first-order chi connectivity index (χ1) is 8.80. The molecule has 1 aromatic rings. The SMILES string of the molecule is CCN(CC(C)C(=O)O)S(=O)(=O)c1ncccc1F. The first kappa shape index (κ1) is 15.5. The summed E-state index contributed by atoms with van der Waals surface area (Å²) in [5, 5.41) is 8.12. The molecule has 0 aliphatic rings. The third-order valence-corrected chi connectivity index (χ3v) is 4.44. The van der Waals surface area contributed by atoms with Gasteiger partial charge in [0.2, 0.25) is 5.03 Å². The topological polar surface area (TPSA) is 87.6 Å². The molecule has 0 bridgehead atoms. The summed E-state index contributed by atoms with van der Waals surface area (Å²) >= 11 is 0. The van der Waals surface area contributed by atoms with Gasteiger partial charge in [-0.2, -0.15) is 4.31 Å². The molecule has 1 heterocycles. The van der Waals surface area contributed by atoms with E-state index in [1.54, 1.807) is 6.92 Å². The summed E-state index contributed by atoms with van der Waals surface area (Å²) in [7, 11) is -4.13. The van der Waals surface area contributed by atoms with Crippen molar-refractivity contribution in [1.29, 1.82) is 0 Å². The predicted molar refractivity (Wildman–Crippen MR) is 65.4 cm³/mol. The van der Waals surface area contributed by atoms with Crippen LogP contribution in [0, 0.1) is 11.7 Å². The Morgan fingerprint density at radius 1 is 1.58 bits per heavy atom. The van der Waals surface area contributed by atoms with Gasteiger partial charge in [0.15, 0.2) is 5.82 Å². The summed E-state index contributed by atoms with van der Waals surface area (Å²) in [4.78, 5) is 14.3. The number of hydrogen-bond acceptors (Lipinski definition) is 4. The van der Waals surface area contributed by atoms with Gasteiger partial charge in [-0.05, 0) is 12.1 Å². The van der Waals surface area contributed by atoms with E-state index in [9.17, 15) is 17.6 Å². The molecule has 0 spiro atoms. The van der Waals surface area contributed by atoms with Crippen molar-refractivity contribution in [1.82, 2.24) is 9.29 Å². The molecule has 0 fully saturated rings. The number of aliphatic carboxylic acids is 1. The second-order valence-electron chi connectivity index (χ2n) is 3.99. The Labute approximate surface area is 110 Å². The maximum atomic E-state index is 13.5. The number of carboxylic acids is 1. The van der Waals surface area contributed by atoms with E-state index in [0.717, 1.165) is 10.4 Å². The van der Waals surface area contributed by atoms with Crippen LogP contribution >= 0.6 is 0 Å². The Morgan fingerprint density at radius 2 is 2.21 bits per heavy atom. The summed E-state index contributed by atoms with van der Waals surface area (Å²) in [5.74, 6) is -2.96. The highest BCUT2D eigenvalue weighted by molar-refractivity contribution is 7.89. The normalized spacial score (nSPS) is 13.5. The minimum Gasteiger partial charge on any atom is -0.481 e. The summed E-state index contributed by atoms with van der Waals surface area (Å²) in [5.41, 5.74) is 0. The van der Waals surface area contributed by atoms with Crippen molar-refractivity contribution < 1.29 is 22.7 Å². The van der Waals surface area contributed by atoms with E-state index in [-0.39, 0.29) is 13.1 Å². The molecule has 19 heavy (non-hydrogen) atoms. The van der Waals surface area contributed by atoms with Crippen molar-refractivity contribution in [2.45, 2.75) is 18.9 Å². The molecule has 0 saturated carbocycles. The van der Waals surface area contributed by atoms with E-state index in [0.29, 0.717) is 0 Å². The van der Waals surface area contributed by atoms with E-state index >= 15 is 0 Å². The Balaban J connectivity index is 3.10. The minimum atomic E-state index is -4.13. The first-order valence-electron chi connectivity index (χ1n) is 5.64. The van der Waals surface area contributed by atoms with E-state index in [4.69, 9.17) is 5.11 Å². The Hall–Kier alpha value is -1.54. The van der Waals surface area contributed by atoms with Gasteiger partial charge in [-0.15, -0.1) is 0 Å². The summed E-state index contributed by atoms with van der Waals surface area (Å²) in [6.45, 7) is 2.74. The number of sulfonamides is 1.